The predicted molar refractivity (Wildman–Crippen MR) is 102 cm³/mol. The van der Waals surface area contributed by atoms with E-state index in [-0.39, 0.29) is 10.9 Å². The number of sulfonamides is 1. The highest BCUT2D eigenvalue weighted by atomic mass is 32.2. The second-order valence-corrected chi connectivity index (χ2v) is 8.12. The first-order valence-electron chi connectivity index (χ1n) is 8.59. The van der Waals surface area contributed by atoms with Crippen molar-refractivity contribution >= 4 is 21.8 Å². The lowest BCUT2D eigenvalue weighted by Crippen LogP contribution is -2.34. The summed E-state index contributed by atoms with van der Waals surface area (Å²) in [5.74, 6) is 0.910. The molecule has 0 unspecified atom stereocenters. The Labute approximate surface area is 158 Å². The Bertz CT molecular complexity index is 926. The fraction of sp³-hybridized carbons (Fsp3) is 0.316. The molecular weight excluding hydrogens is 368 g/mol. The molecule has 1 amide bonds. The summed E-state index contributed by atoms with van der Waals surface area (Å²) in [4.78, 5) is 11.3. The van der Waals surface area contributed by atoms with Crippen LogP contribution in [0.1, 0.15) is 18.1 Å². The van der Waals surface area contributed by atoms with Crippen molar-refractivity contribution in [1.29, 1.82) is 0 Å². The molecule has 2 aromatic carbocycles. The molecule has 0 spiro atoms. The van der Waals surface area contributed by atoms with Crippen LogP contribution in [0, 0.1) is 0 Å². The van der Waals surface area contributed by atoms with E-state index in [9.17, 15) is 13.2 Å². The monoisotopic (exact) mass is 390 g/mol. The van der Waals surface area contributed by atoms with E-state index in [1.165, 1.54) is 31.4 Å². The number of anilines is 1. The summed E-state index contributed by atoms with van der Waals surface area (Å²) >= 11 is 0. The molecule has 7 nitrogen and oxygen atoms in total. The Morgan fingerprint density at radius 2 is 1.96 bits per heavy atom. The van der Waals surface area contributed by atoms with Crippen LogP contribution in [0.2, 0.25) is 0 Å². The van der Waals surface area contributed by atoms with Crippen molar-refractivity contribution in [3.63, 3.8) is 0 Å². The van der Waals surface area contributed by atoms with Crippen molar-refractivity contribution < 1.29 is 22.7 Å². The molecule has 1 aliphatic heterocycles. The van der Waals surface area contributed by atoms with Crippen LogP contribution in [0.3, 0.4) is 0 Å². The highest BCUT2D eigenvalue weighted by molar-refractivity contribution is 7.89. The van der Waals surface area contributed by atoms with Crippen molar-refractivity contribution in [3.05, 3.63) is 53.6 Å². The van der Waals surface area contributed by atoms with Gasteiger partial charge in [-0.1, -0.05) is 12.1 Å². The first-order chi connectivity index (χ1) is 12.9. The van der Waals surface area contributed by atoms with Gasteiger partial charge in [-0.05, 0) is 54.8 Å². The average molecular weight is 390 g/mol. The lowest BCUT2D eigenvalue weighted by molar-refractivity contribution is 0.187. The van der Waals surface area contributed by atoms with Gasteiger partial charge < -0.3 is 9.47 Å². The Morgan fingerprint density at radius 1 is 1.22 bits per heavy atom. The number of nitrogens with one attached hydrogen (secondary N) is 2. The molecule has 0 radical (unpaired) electrons. The molecule has 27 heavy (non-hydrogen) atoms. The van der Waals surface area contributed by atoms with Crippen LogP contribution in [0.5, 0.6) is 5.75 Å². The number of ether oxygens (including phenoxy) is 2. The van der Waals surface area contributed by atoms with Gasteiger partial charge in [-0.15, -0.1) is 0 Å². The number of carbonyl (C=O) groups excluding carboxylic acids is 1. The van der Waals surface area contributed by atoms with Crippen LogP contribution in [0.15, 0.2) is 47.4 Å². The number of hydrogen-bond acceptors (Lipinski definition) is 5. The van der Waals surface area contributed by atoms with Gasteiger partial charge in [0.15, 0.2) is 0 Å². The third kappa shape index (κ3) is 4.78. The van der Waals surface area contributed by atoms with Gasteiger partial charge in [0, 0.05) is 18.2 Å². The summed E-state index contributed by atoms with van der Waals surface area (Å²) < 4.78 is 37.8. The number of fused-ring (bicyclic) bond motifs is 1. The summed E-state index contributed by atoms with van der Waals surface area (Å²) in [5.41, 5.74) is 2.68. The molecule has 144 valence electrons. The summed E-state index contributed by atoms with van der Waals surface area (Å²) in [7, 11) is -2.40. The Morgan fingerprint density at radius 3 is 2.67 bits per heavy atom. The Kier molecular flexibility index (Phi) is 5.67. The molecule has 0 bridgehead atoms. The highest BCUT2D eigenvalue weighted by Crippen LogP contribution is 2.26. The van der Waals surface area contributed by atoms with Crippen LogP contribution >= 0.6 is 0 Å². The summed E-state index contributed by atoms with van der Waals surface area (Å²) in [6, 6.07) is 11.6. The van der Waals surface area contributed by atoms with E-state index in [2.05, 4.69) is 20.8 Å². The molecule has 1 atom stereocenters. The van der Waals surface area contributed by atoms with E-state index in [0.29, 0.717) is 18.7 Å². The van der Waals surface area contributed by atoms with Crippen molar-refractivity contribution in [2.45, 2.75) is 30.7 Å². The minimum atomic E-state index is -3.66. The molecule has 0 aliphatic carbocycles. The smallest absolute Gasteiger partial charge is 0.411 e. The van der Waals surface area contributed by atoms with Crippen molar-refractivity contribution in [2.24, 2.45) is 0 Å². The molecular formula is C19H22N2O5S. The van der Waals surface area contributed by atoms with Crippen molar-refractivity contribution in [3.8, 4) is 5.75 Å². The van der Waals surface area contributed by atoms with Crippen molar-refractivity contribution in [2.75, 3.05) is 19.0 Å². The van der Waals surface area contributed by atoms with Gasteiger partial charge in [-0.2, -0.15) is 0 Å². The molecule has 2 N–H and O–H groups in total. The minimum absolute atomic E-state index is 0.132. The van der Waals surface area contributed by atoms with E-state index >= 15 is 0 Å². The SMILES string of the molecule is COC(=O)Nc1ccc(S(=O)(=O)N[C@H](C)Cc2ccc3c(c2)CCO3)cc1. The van der Waals surface area contributed by atoms with Gasteiger partial charge in [0.2, 0.25) is 10.0 Å². The van der Waals surface area contributed by atoms with Crippen LogP contribution in [-0.4, -0.2) is 34.3 Å². The fourth-order valence-electron chi connectivity index (χ4n) is 2.98. The van der Waals surface area contributed by atoms with Gasteiger partial charge in [0.25, 0.3) is 0 Å². The van der Waals surface area contributed by atoms with Crippen LogP contribution < -0.4 is 14.8 Å². The van der Waals surface area contributed by atoms with Gasteiger partial charge >= 0.3 is 6.09 Å². The molecule has 1 heterocycles. The maximum atomic E-state index is 12.6. The first-order valence-corrected chi connectivity index (χ1v) is 10.1. The quantitative estimate of drug-likeness (QED) is 0.791. The maximum Gasteiger partial charge on any atom is 0.411 e. The van der Waals surface area contributed by atoms with E-state index in [1.54, 1.807) is 0 Å². The lowest BCUT2D eigenvalue weighted by Gasteiger charge is -2.15. The van der Waals surface area contributed by atoms with E-state index < -0.39 is 16.1 Å². The molecule has 8 heteroatoms. The van der Waals surface area contributed by atoms with Gasteiger partial charge in [0.1, 0.15) is 5.75 Å². The zero-order valence-electron chi connectivity index (χ0n) is 15.2. The fourth-order valence-corrected chi connectivity index (χ4v) is 4.22. The Balaban J connectivity index is 1.64. The second-order valence-electron chi connectivity index (χ2n) is 6.41. The molecule has 0 aromatic heterocycles. The normalized spacial score (nSPS) is 14.1. The van der Waals surface area contributed by atoms with Gasteiger partial charge in [0.05, 0.1) is 18.6 Å². The largest absolute Gasteiger partial charge is 0.493 e. The van der Waals surface area contributed by atoms with E-state index in [4.69, 9.17) is 4.74 Å². The summed E-state index contributed by atoms with van der Waals surface area (Å²) in [5, 5.41) is 2.48. The van der Waals surface area contributed by atoms with Crippen LogP contribution in [-0.2, 0) is 27.6 Å². The number of benzene rings is 2. The third-order valence-electron chi connectivity index (χ3n) is 4.25. The van der Waals surface area contributed by atoms with Crippen molar-refractivity contribution in [1.82, 2.24) is 4.72 Å². The molecule has 2 aromatic rings. The number of methoxy groups -OCH3 is 1. The lowest BCUT2D eigenvalue weighted by atomic mass is 10.0. The van der Waals surface area contributed by atoms with E-state index in [0.717, 1.165) is 23.3 Å². The van der Waals surface area contributed by atoms with Gasteiger partial charge in [-0.3, -0.25) is 5.32 Å². The zero-order chi connectivity index (χ0) is 19.4. The van der Waals surface area contributed by atoms with Crippen LogP contribution in [0.25, 0.3) is 0 Å². The Hall–Kier alpha value is -2.58. The second kappa shape index (κ2) is 7.98. The average Bonchev–Trinajstić information content (AvgIpc) is 3.09. The van der Waals surface area contributed by atoms with Gasteiger partial charge in [-0.25, -0.2) is 17.9 Å². The molecule has 0 saturated heterocycles. The topological polar surface area (TPSA) is 93.7 Å². The minimum Gasteiger partial charge on any atom is -0.493 e. The summed E-state index contributed by atoms with van der Waals surface area (Å²) in [6.07, 6.45) is 0.848. The highest BCUT2D eigenvalue weighted by Gasteiger charge is 2.19. The maximum absolute atomic E-state index is 12.6. The number of rotatable bonds is 6. The molecule has 1 aliphatic rings. The van der Waals surface area contributed by atoms with Crippen LogP contribution in [0.4, 0.5) is 10.5 Å². The molecule has 3 rings (SSSR count). The molecule has 0 saturated carbocycles. The standard InChI is InChI=1S/C19H22N2O5S/c1-13(11-14-3-8-18-15(12-14)9-10-26-18)21-27(23,24)17-6-4-16(5-7-17)20-19(22)25-2/h3-8,12-13,21H,9-11H2,1-2H3,(H,20,22)/t13-/m1/s1. The van der Waals surface area contributed by atoms with E-state index in [1.807, 2.05) is 19.1 Å². The zero-order valence-corrected chi connectivity index (χ0v) is 16.0. The first kappa shape index (κ1) is 19.2. The molecule has 0 fully saturated rings. The third-order valence-corrected chi connectivity index (χ3v) is 5.85. The number of amides is 1. The number of hydrogen-bond donors (Lipinski definition) is 2. The number of carbonyl (C=O) groups is 1. The predicted octanol–water partition coefficient (Wildman–Crippen LogP) is 2.71. The summed E-state index contributed by atoms with van der Waals surface area (Å²) in [6.45, 7) is 2.52.